The Balaban J connectivity index is 1.80. The Labute approximate surface area is 122 Å². The Hall–Kier alpha value is -1.07. The van der Waals surface area contributed by atoms with Gasteiger partial charge in [0.05, 0.1) is 4.91 Å². The van der Waals surface area contributed by atoms with Crippen LogP contribution >= 0.6 is 24.0 Å². The summed E-state index contributed by atoms with van der Waals surface area (Å²) in [7, 11) is 0. The van der Waals surface area contributed by atoms with Gasteiger partial charge in [0.15, 0.2) is 0 Å². The third kappa shape index (κ3) is 2.62. The first-order valence-electron chi connectivity index (χ1n) is 6.66. The summed E-state index contributed by atoms with van der Waals surface area (Å²) in [6.07, 6.45) is 9.61. The van der Waals surface area contributed by atoms with E-state index in [1.165, 1.54) is 31.0 Å². The Morgan fingerprint density at radius 1 is 1.37 bits per heavy atom. The third-order valence-corrected chi connectivity index (χ3v) is 5.00. The van der Waals surface area contributed by atoms with E-state index in [1.807, 2.05) is 29.3 Å². The Morgan fingerprint density at radius 2 is 2.16 bits per heavy atom. The number of carbonyl (C=O) groups is 1. The molecule has 2 heterocycles. The van der Waals surface area contributed by atoms with Crippen molar-refractivity contribution in [1.82, 2.24) is 9.88 Å². The molecule has 5 heteroatoms. The van der Waals surface area contributed by atoms with Crippen LogP contribution in [0.5, 0.6) is 0 Å². The molecule has 0 radical (unpaired) electrons. The average Bonchev–Trinajstić information content (AvgIpc) is 3.01. The molecule has 1 aromatic heterocycles. The van der Waals surface area contributed by atoms with Crippen molar-refractivity contribution in [3.8, 4) is 0 Å². The molecule has 3 nitrogen and oxygen atoms in total. The summed E-state index contributed by atoms with van der Waals surface area (Å²) in [5, 5.41) is 0. The quantitative estimate of drug-likeness (QED) is 0.669. The van der Waals surface area contributed by atoms with Crippen LogP contribution in [-0.2, 0) is 4.79 Å². The maximum Gasteiger partial charge on any atom is 0.266 e. The molecule has 0 unspecified atom stereocenters. The molecule has 2 aliphatic rings. The van der Waals surface area contributed by atoms with Gasteiger partial charge < -0.3 is 4.98 Å². The predicted octanol–water partition coefficient (Wildman–Crippen LogP) is 3.55. The fraction of sp³-hybridized carbons (Fsp3) is 0.429. The number of hydrogen-bond acceptors (Lipinski definition) is 3. The molecule has 1 saturated carbocycles. The maximum absolute atomic E-state index is 12.5. The minimum atomic E-state index is 0.0801. The van der Waals surface area contributed by atoms with Crippen LogP contribution in [0.4, 0.5) is 0 Å². The summed E-state index contributed by atoms with van der Waals surface area (Å²) in [6.45, 7) is 0. The van der Waals surface area contributed by atoms with Crippen molar-refractivity contribution < 1.29 is 4.79 Å². The topological polar surface area (TPSA) is 36.1 Å². The molecular weight excluding hydrogens is 276 g/mol. The van der Waals surface area contributed by atoms with E-state index in [0.29, 0.717) is 6.04 Å². The van der Waals surface area contributed by atoms with E-state index < -0.39 is 0 Å². The highest BCUT2D eigenvalue weighted by Gasteiger charge is 2.37. The highest BCUT2D eigenvalue weighted by atomic mass is 32.2. The third-order valence-electron chi connectivity index (χ3n) is 3.67. The second-order valence-corrected chi connectivity index (χ2v) is 6.64. The van der Waals surface area contributed by atoms with E-state index in [2.05, 4.69) is 4.98 Å². The van der Waals surface area contributed by atoms with E-state index in [9.17, 15) is 4.79 Å². The molecule has 0 bridgehead atoms. The van der Waals surface area contributed by atoms with Gasteiger partial charge in [-0.2, -0.15) is 0 Å². The van der Waals surface area contributed by atoms with Gasteiger partial charge in [-0.3, -0.25) is 9.69 Å². The summed E-state index contributed by atoms with van der Waals surface area (Å²) in [4.78, 5) is 18.1. The van der Waals surface area contributed by atoms with Crippen LogP contribution in [-0.4, -0.2) is 26.2 Å². The van der Waals surface area contributed by atoms with Crippen LogP contribution < -0.4 is 0 Å². The largest absolute Gasteiger partial charge is 0.362 e. The fourth-order valence-corrected chi connectivity index (χ4v) is 4.10. The van der Waals surface area contributed by atoms with E-state index in [-0.39, 0.29) is 5.91 Å². The van der Waals surface area contributed by atoms with Crippen molar-refractivity contribution in [2.45, 2.75) is 38.1 Å². The molecule has 1 amide bonds. The minimum Gasteiger partial charge on any atom is -0.362 e. The minimum absolute atomic E-state index is 0.0801. The zero-order chi connectivity index (χ0) is 13.2. The molecule has 1 aliphatic heterocycles. The number of nitrogens with zero attached hydrogens (tertiary/aromatic N) is 1. The standard InChI is InChI=1S/C14H16N2OS2/c17-13-12(9-10-5-4-8-15-10)19-14(18)16(13)11-6-2-1-3-7-11/h4-5,8-9,11,15H,1-3,6-7H2/b12-9+. The first kappa shape index (κ1) is 12.9. The molecule has 2 fully saturated rings. The summed E-state index contributed by atoms with van der Waals surface area (Å²) in [6, 6.07) is 4.19. The second-order valence-electron chi connectivity index (χ2n) is 4.97. The van der Waals surface area contributed by atoms with Gasteiger partial charge in [0.25, 0.3) is 5.91 Å². The van der Waals surface area contributed by atoms with Crippen molar-refractivity contribution in [3.63, 3.8) is 0 Å². The van der Waals surface area contributed by atoms with Crippen LogP contribution in [0.3, 0.4) is 0 Å². The predicted molar refractivity (Wildman–Crippen MR) is 82.7 cm³/mol. The second kappa shape index (κ2) is 5.51. The molecule has 1 saturated heterocycles. The SMILES string of the molecule is O=C1/C(=C\c2ccc[nH]2)SC(=S)N1C1CCCCC1. The molecule has 1 aromatic rings. The molecule has 0 aromatic carbocycles. The Morgan fingerprint density at radius 3 is 2.84 bits per heavy atom. The van der Waals surface area contributed by atoms with Crippen LogP contribution in [0.15, 0.2) is 23.2 Å². The lowest BCUT2D eigenvalue weighted by atomic mass is 9.94. The normalized spacial score (nSPS) is 23.6. The molecule has 1 aliphatic carbocycles. The number of hydrogen-bond donors (Lipinski definition) is 1. The summed E-state index contributed by atoms with van der Waals surface area (Å²) in [5.41, 5.74) is 0.948. The van der Waals surface area contributed by atoms with E-state index in [1.54, 1.807) is 0 Å². The number of thioether (sulfide) groups is 1. The Bertz CT molecular complexity index is 516. The van der Waals surface area contributed by atoms with Gasteiger partial charge in [-0.1, -0.05) is 43.2 Å². The van der Waals surface area contributed by atoms with Crippen LogP contribution in [0.2, 0.25) is 0 Å². The fourth-order valence-electron chi connectivity index (χ4n) is 2.71. The van der Waals surface area contributed by atoms with Gasteiger partial charge in [-0.15, -0.1) is 0 Å². The highest BCUT2D eigenvalue weighted by molar-refractivity contribution is 8.26. The number of rotatable bonds is 2. The van der Waals surface area contributed by atoms with Gasteiger partial charge in [0, 0.05) is 17.9 Å². The van der Waals surface area contributed by atoms with E-state index in [0.717, 1.165) is 27.8 Å². The van der Waals surface area contributed by atoms with Crippen molar-refractivity contribution >= 4 is 40.3 Å². The zero-order valence-electron chi connectivity index (χ0n) is 10.6. The average molecular weight is 292 g/mol. The van der Waals surface area contributed by atoms with Gasteiger partial charge in [-0.25, -0.2) is 0 Å². The number of amides is 1. The number of aromatic nitrogens is 1. The van der Waals surface area contributed by atoms with Gasteiger partial charge in [0.1, 0.15) is 4.32 Å². The van der Waals surface area contributed by atoms with Crippen LogP contribution in [0.25, 0.3) is 6.08 Å². The van der Waals surface area contributed by atoms with E-state index in [4.69, 9.17) is 12.2 Å². The highest BCUT2D eigenvalue weighted by Crippen LogP contribution is 2.37. The number of nitrogens with one attached hydrogen (secondary N) is 1. The Kier molecular flexibility index (Phi) is 3.75. The summed E-state index contributed by atoms with van der Waals surface area (Å²) < 4.78 is 0.717. The van der Waals surface area contributed by atoms with Crippen LogP contribution in [0.1, 0.15) is 37.8 Å². The van der Waals surface area contributed by atoms with Crippen molar-refractivity contribution in [1.29, 1.82) is 0 Å². The molecule has 1 N–H and O–H groups in total. The first-order valence-corrected chi connectivity index (χ1v) is 7.88. The van der Waals surface area contributed by atoms with E-state index >= 15 is 0 Å². The first-order chi connectivity index (χ1) is 9.25. The maximum atomic E-state index is 12.5. The lowest BCUT2D eigenvalue weighted by molar-refractivity contribution is -0.124. The lowest BCUT2D eigenvalue weighted by Crippen LogP contribution is -2.39. The number of carbonyl (C=O) groups excluding carboxylic acids is 1. The van der Waals surface area contributed by atoms with Crippen molar-refractivity contribution in [2.24, 2.45) is 0 Å². The van der Waals surface area contributed by atoms with Gasteiger partial charge in [0.2, 0.25) is 0 Å². The van der Waals surface area contributed by atoms with Crippen molar-refractivity contribution in [2.75, 3.05) is 0 Å². The lowest BCUT2D eigenvalue weighted by Gasteiger charge is -2.29. The molecular formula is C14H16N2OS2. The zero-order valence-corrected chi connectivity index (χ0v) is 12.2. The smallest absolute Gasteiger partial charge is 0.266 e. The molecule has 3 rings (SSSR count). The van der Waals surface area contributed by atoms with Gasteiger partial charge in [-0.05, 0) is 31.1 Å². The summed E-state index contributed by atoms with van der Waals surface area (Å²) in [5.74, 6) is 0.0801. The van der Waals surface area contributed by atoms with Gasteiger partial charge >= 0.3 is 0 Å². The summed E-state index contributed by atoms with van der Waals surface area (Å²) >= 11 is 6.81. The monoisotopic (exact) mass is 292 g/mol. The molecule has 0 atom stereocenters. The number of H-pyrrole nitrogens is 1. The van der Waals surface area contributed by atoms with Crippen LogP contribution in [0, 0.1) is 0 Å². The number of thiocarbonyl (C=S) groups is 1. The molecule has 0 spiro atoms. The molecule has 100 valence electrons. The number of aromatic amines is 1. The van der Waals surface area contributed by atoms with Crippen molar-refractivity contribution in [3.05, 3.63) is 28.9 Å². The molecule has 19 heavy (non-hydrogen) atoms.